The van der Waals surface area contributed by atoms with Crippen molar-refractivity contribution in [3.8, 4) is 0 Å². The van der Waals surface area contributed by atoms with Gasteiger partial charge in [-0.25, -0.2) is 4.79 Å². The van der Waals surface area contributed by atoms with Crippen LogP contribution >= 0.6 is 0 Å². The maximum atomic E-state index is 11.0. The maximum absolute atomic E-state index is 11.0. The summed E-state index contributed by atoms with van der Waals surface area (Å²) in [7, 11) is 1.64. The van der Waals surface area contributed by atoms with Crippen LogP contribution in [0.4, 0.5) is 11.4 Å². The van der Waals surface area contributed by atoms with E-state index in [0.717, 1.165) is 17.9 Å². The van der Waals surface area contributed by atoms with Crippen LogP contribution in [0.25, 0.3) is 0 Å². The molecule has 0 fully saturated rings. The number of hydrogen-bond donors (Lipinski definition) is 0. The molecule has 5 nitrogen and oxygen atoms in total. The van der Waals surface area contributed by atoms with Gasteiger partial charge in [-0.3, -0.25) is 0 Å². The summed E-state index contributed by atoms with van der Waals surface area (Å²) in [6.45, 7) is 7.23. The molecule has 0 radical (unpaired) electrons. The molecule has 0 aliphatic carbocycles. The van der Waals surface area contributed by atoms with Crippen molar-refractivity contribution in [2.45, 2.75) is 6.92 Å². The highest BCUT2D eigenvalue weighted by molar-refractivity contribution is 5.81. The average molecular weight is 261 g/mol. The summed E-state index contributed by atoms with van der Waals surface area (Å²) < 4.78 is 4.98. The predicted octanol–water partition coefficient (Wildman–Crippen LogP) is 2.96. The minimum atomic E-state index is -0.394. The number of benzene rings is 1. The van der Waals surface area contributed by atoms with E-state index in [2.05, 4.69) is 28.6 Å². The lowest BCUT2D eigenvalue weighted by atomic mass is 10.2. The normalized spacial score (nSPS) is 10.4. The monoisotopic (exact) mass is 261 g/mol. The van der Waals surface area contributed by atoms with E-state index in [1.165, 1.54) is 6.08 Å². The van der Waals surface area contributed by atoms with Crippen LogP contribution in [0.5, 0.6) is 0 Å². The first-order chi connectivity index (χ1) is 9.21. The van der Waals surface area contributed by atoms with Crippen molar-refractivity contribution >= 4 is 17.3 Å². The fourth-order valence-corrected chi connectivity index (χ4v) is 1.63. The molecule has 1 rings (SSSR count). The van der Waals surface area contributed by atoms with E-state index in [9.17, 15) is 4.79 Å². The van der Waals surface area contributed by atoms with E-state index in [0.29, 0.717) is 13.2 Å². The van der Waals surface area contributed by atoms with Crippen molar-refractivity contribution in [2.24, 2.45) is 10.2 Å². The molecule has 19 heavy (non-hydrogen) atoms. The van der Waals surface area contributed by atoms with Gasteiger partial charge in [0.2, 0.25) is 0 Å². The molecular formula is C14H19N3O2. The molecule has 0 saturated heterocycles. The summed E-state index contributed by atoms with van der Waals surface area (Å²) in [5.74, 6) is -0.394. The standard InChI is InChI=1S/C14H19N3O2/c1-4-14(18)19-11-10-17(5-2)13-8-6-12(7-9-13)16-15-3/h4,6-9H,1,5,10-11H2,2-3H3. The van der Waals surface area contributed by atoms with E-state index in [4.69, 9.17) is 4.74 Å². The van der Waals surface area contributed by atoms with Gasteiger partial charge in [-0.05, 0) is 31.2 Å². The molecule has 5 heteroatoms. The van der Waals surface area contributed by atoms with Crippen LogP contribution in [0.15, 0.2) is 47.1 Å². The number of azo groups is 1. The van der Waals surface area contributed by atoms with E-state index in [1.807, 2.05) is 24.3 Å². The lowest BCUT2D eigenvalue weighted by Gasteiger charge is -2.22. The van der Waals surface area contributed by atoms with Gasteiger partial charge in [0.05, 0.1) is 12.2 Å². The summed E-state index contributed by atoms with van der Waals surface area (Å²) in [4.78, 5) is 13.1. The second kappa shape index (κ2) is 8.02. The number of nitrogens with zero attached hydrogens (tertiary/aromatic N) is 3. The first-order valence-corrected chi connectivity index (χ1v) is 6.15. The fourth-order valence-electron chi connectivity index (χ4n) is 1.63. The van der Waals surface area contributed by atoms with Crippen molar-refractivity contribution < 1.29 is 9.53 Å². The quantitative estimate of drug-likeness (QED) is 0.431. The fraction of sp³-hybridized carbons (Fsp3) is 0.357. The van der Waals surface area contributed by atoms with Crippen LogP contribution in [0.1, 0.15) is 6.92 Å². The van der Waals surface area contributed by atoms with Gasteiger partial charge in [0.15, 0.2) is 0 Å². The third-order valence-corrected chi connectivity index (χ3v) is 2.58. The van der Waals surface area contributed by atoms with Crippen LogP contribution in [-0.2, 0) is 9.53 Å². The number of esters is 1. The summed E-state index contributed by atoms with van der Waals surface area (Å²) >= 11 is 0. The highest BCUT2D eigenvalue weighted by Crippen LogP contribution is 2.19. The molecule has 0 spiro atoms. The Bertz CT molecular complexity index is 441. The highest BCUT2D eigenvalue weighted by atomic mass is 16.5. The first kappa shape index (κ1) is 14.9. The smallest absolute Gasteiger partial charge is 0.330 e. The van der Waals surface area contributed by atoms with Crippen LogP contribution in [0.2, 0.25) is 0 Å². The van der Waals surface area contributed by atoms with E-state index in [-0.39, 0.29) is 0 Å². The zero-order valence-electron chi connectivity index (χ0n) is 11.4. The second-order valence-corrected chi connectivity index (χ2v) is 3.77. The molecule has 0 unspecified atom stereocenters. The molecule has 0 saturated carbocycles. The second-order valence-electron chi connectivity index (χ2n) is 3.77. The lowest BCUT2D eigenvalue weighted by molar-refractivity contribution is -0.137. The molecule has 0 heterocycles. The molecule has 1 aromatic rings. The van der Waals surface area contributed by atoms with Gasteiger partial charge < -0.3 is 9.64 Å². The van der Waals surface area contributed by atoms with Gasteiger partial charge >= 0.3 is 5.97 Å². The zero-order valence-corrected chi connectivity index (χ0v) is 11.4. The minimum Gasteiger partial charge on any atom is -0.461 e. The van der Waals surface area contributed by atoms with Crippen molar-refractivity contribution in [1.29, 1.82) is 0 Å². The Balaban J connectivity index is 2.58. The van der Waals surface area contributed by atoms with Gasteiger partial charge in [-0.2, -0.15) is 10.2 Å². The third-order valence-electron chi connectivity index (χ3n) is 2.58. The number of anilines is 1. The van der Waals surface area contributed by atoms with Crippen LogP contribution in [0.3, 0.4) is 0 Å². The zero-order chi connectivity index (χ0) is 14.1. The molecule has 0 N–H and O–H groups in total. The molecule has 0 aliphatic rings. The summed E-state index contributed by atoms with van der Waals surface area (Å²) in [5, 5.41) is 7.68. The first-order valence-electron chi connectivity index (χ1n) is 6.15. The summed E-state index contributed by atoms with van der Waals surface area (Å²) in [5.41, 5.74) is 1.88. The lowest BCUT2D eigenvalue weighted by Crippen LogP contribution is -2.27. The number of likely N-dealkylation sites (N-methyl/N-ethyl adjacent to an activating group) is 1. The Labute approximate surface area is 113 Å². The number of carbonyl (C=O) groups excluding carboxylic acids is 1. The summed E-state index contributed by atoms with van der Waals surface area (Å²) in [6, 6.07) is 7.76. The van der Waals surface area contributed by atoms with Gasteiger partial charge in [-0.15, -0.1) is 0 Å². The van der Waals surface area contributed by atoms with Gasteiger partial charge in [0, 0.05) is 25.4 Å². The van der Waals surface area contributed by atoms with Crippen LogP contribution in [-0.4, -0.2) is 32.7 Å². The molecular weight excluding hydrogens is 242 g/mol. The predicted molar refractivity (Wildman–Crippen MR) is 75.9 cm³/mol. The van der Waals surface area contributed by atoms with Crippen molar-refractivity contribution in [1.82, 2.24) is 0 Å². The molecule has 0 aromatic heterocycles. The van der Waals surface area contributed by atoms with Crippen LogP contribution < -0.4 is 4.90 Å². The largest absolute Gasteiger partial charge is 0.461 e. The topological polar surface area (TPSA) is 54.3 Å². The van der Waals surface area contributed by atoms with Crippen molar-refractivity contribution in [3.63, 3.8) is 0 Å². The molecule has 0 bridgehead atoms. The van der Waals surface area contributed by atoms with Crippen molar-refractivity contribution in [3.05, 3.63) is 36.9 Å². The Morgan fingerprint density at radius 1 is 1.42 bits per heavy atom. The van der Waals surface area contributed by atoms with Crippen molar-refractivity contribution in [2.75, 3.05) is 31.6 Å². The number of ether oxygens (including phenoxy) is 1. The molecule has 0 aliphatic heterocycles. The van der Waals surface area contributed by atoms with E-state index >= 15 is 0 Å². The van der Waals surface area contributed by atoms with Gasteiger partial charge in [0.1, 0.15) is 6.61 Å². The molecule has 0 amide bonds. The number of hydrogen-bond acceptors (Lipinski definition) is 5. The molecule has 102 valence electrons. The maximum Gasteiger partial charge on any atom is 0.330 e. The molecule has 1 aromatic carbocycles. The number of carbonyl (C=O) groups is 1. The minimum absolute atomic E-state index is 0.342. The number of rotatable bonds is 7. The van der Waals surface area contributed by atoms with Crippen LogP contribution in [0, 0.1) is 0 Å². The SMILES string of the molecule is C=CC(=O)OCCN(CC)c1ccc(N=NC)cc1. The Kier molecular flexibility index (Phi) is 6.29. The van der Waals surface area contributed by atoms with E-state index in [1.54, 1.807) is 7.05 Å². The van der Waals surface area contributed by atoms with Gasteiger partial charge in [-0.1, -0.05) is 6.58 Å². The molecule has 0 atom stereocenters. The average Bonchev–Trinajstić information content (AvgIpc) is 2.45. The van der Waals surface area contributed by atoms with Gasteiger partial charge in [0.25, 0.3) is 0 Å². The highest BCUT2D eigenvalue weighted by Gasteiger charge is 2.05. The Morgan fingerprint density at radius 2 is 2.11 bits per heavy atom. The summed E-state index contributed by atoms with van der Waals surface area (Å²) in [6.07, 6.45) is 1.17. The third kappa shape index (κ3) is 4.91. The Hall–Kier alpha value is -2.17. The Morgan fingerprint density at radius 3 is 2.63 bits per heavy atom. The van der Waals surface area contributed by atoms with E-state index < -0.39 is 5.97 Å².